The first-order chi connectivity index (χ1) is 17.2. The highest BCUT2D eigenvalue weighted by Gasteiger charge is 2.45. The van der Waals surface area contributed by atoms with Crippen molar-refractivity contribution in [1.29, 1.82) is 0 Å². The van der Waals surface area contributed by atoms with Crippen molar-refractivity contribution in [3.8, 4) is 0 Å². The molecule has 0 saturated carbocycles. The second-order valence-corrected chi connectivity index (χ2v) is 12.2. The Morgan fingerprint density at radius 2 is 2.14 bits per heavy atom. The molecule has 0 bridgehead atoms. The summed E-state index contributed by atoms with van der Waals surface area (Å²) >= 11 is 7.19. The molecule has 1 amide bonds. The third kappa shape index (κ3) is 5.84. The van der Waals surface area contributed by atoms with Gasteiger partial charge in [0.1, 0.15) is 12.1 Å². The number of esters is 1. The molecule has 1 N–H and O–H groups in total. The van der Waals surface area contributed by atoms with Crippen LogP contribution < -0.4 is 10.2 Å². The van der Waals surface area contributed by atoms with E-state index in [1.807, 2.05) is 18.2 Å². The maximum atomic E-state index is 13.6. The van der Waals surface area contributed by atoms with Crippen LogP contribution in [0.5, 0.6) is 0 Å². The van der Waals surface area contributed by atoms with Gasteiger partial charge in [-0.15, -0.1) is 11.3 Å². The lowest BCUT2D eigenvalue weighted by atomic mass is 10.0. The fraction of sp³-hybridized carbons (Fsp3) is 0.440. The first kappa shape index (κ1) is 26.8. The summed E-state index contributed by atoms with van der Waals surface area (Å²) in [6, 6.07) is 7.14. The van der Waals surface area contributed by atoms with Gasteiger partial charge in [0, 0.05) is 29.1 Å². The van der Waals surface area contributed by atoms with Crippen LogP contribution in [0.15, 0.2) is 35.7 Å². The number of aryl methyl sites for hydroxylation is 1. The number of amides is 1. The zero-order chi connectivity index (χ0) is 25.9. The molecule has 11 heteroatoms. The standard InChI is InChI=1S/C25H30ClN3O5S2/c1-3-34-25(31)17(2)29(36(32,33)14-11-21-8-9-23(26)35-21)22-10-13-28(24(22)30)20-7-6-19-16-27-12-4-5-18(19)15-20/h6-9,11,14-15,17,22,27H,3-5,10,12-13,16H2,1-2H3/b14-11+/t17?,22-/m0/s1. The number of hydrogen-bond acceptors (Lipinski definition) is 7. The third-order valence-corrected chi connectivity index (χ3v) is 9.24. The highest BCUT2D eigenvalue weighted by Crippen LogP contribution is 2.31. The predicted molar refractivity (Wildman–Crippen MR) is 142 cm³/mol. The molecule has 1 aromatic carbocycles. The van der Waals surface area contributed by atoms with Gasteiger partial charge in [0.25, 0.3) is 0 Å². The molecule has 2 atom stereocenters. The lowest BCUT2D eigenvalue weighted by Crippen LogP contribution is -2.52. The monoisotopic (exact) mass is 551 g/mol. The fourth-order valence-corrected chi connectivity index (χ4v) is 7.23. The molecule has 0 aliphatic carbocycles. The molecule has 2 aliphatic heterocycles. The number of fused-ring (bicyclic) bond motifs is 1. The van der Waals surface area contributed by atoms with Crippen LogP contribution in [-0.2, 0) is 37.3 Å². The summed E-state index contributed by atoms with van der Waals surface area (Å²) in [6.45, 7) is 5.30. The number of halogens is 1. The molecule has 36 heavy (non-hydrogen) atoms. The van der Waals surface area contributed by atoms with E-state index >= 15 is 0 Å². The number of anilines is 1. The number of hydrogen-bond donors (Lipinski definition) is 1. The zero-order valence-electron chi connectivity index (χ0n) is 20.3. The smallest absolute Gasteiger partial charge is 0.324 e. The van der Waals surface area contributed by atoms with Crippen molar-refractivity contribution in [2.24, 2.45) is 0 Å². The quantitative estimate of drug-likeness (QED) is 0.501. The molecule has 2 aromatic rings. The van der Waals surface area contributed by atoms with Gasteiger partial charge in [-0.25, -0.2) is 8.42 Å². The number of nitrogens with zero attached hydrogens (tertiary/aromatic N) is 2. The van der Waals surface area contributed by atoms with E-state index in [9.17, 15) is 18.0 Å². The van der Waals surface area contributed by atoms with Crippen LogP contribution in [0.4, 0.5) is 5.69 Å². The number of sulfonamides is 1. The Labute approximate surface area is 220 Å². The fourth-order valence-electron chi connectivity index (χ4n) is 4.65. The highest BCUT2D eigenvalue weighted by atomic mass is 35.5. The van der Waals surface area contributed by atoms with Crippen molar-refractivity contribution in [2.75, 3.05) is 24.6 Å². The Morgan fingerprint density at radius 1 is 1.33 bits per heavy atom. The highest BCUT2D eigenvalue weighted by molar-refractivity contribution is 7.92. The maximum absolute atomic E-state index is 13.6. The van der Waals surface area contributed by atoms with Crippen LogP contribution in [-0.4, -0.2) is 56.4 Å². The van der Waals surface area contributed by atoms with Gasteiger partial charge in [-0.3, -0.25) is 9.59 Å². The van der Waals surface area contributed by atoms with Crippen molar-refractivity contribution in [3.63, 3.8) is 0 Å². The molecule has 8 nitrogen and oxygen atoms in total. The SMILES string of the molecule is CCOC(=O)C(C)N([C@H]1CCN(c2ccc3c(c2)CCCNC3)C1=O)S(=O)(=O)/C=C/c1ccc(Cl)s1. The summed E-state index contributed by atoms with van der Waals surface area (Å²) in [6.07, 6.45) is 3.62. The largest absolute Gasteiger partial charge is 0.465 e. The second kappa shape index (κ2) is 11.4. The summed E-state index contributed by atoms with van der Waals surface area (Å²) in [4.78, 5) is 28.5. The Kier molecular flexibility index (Phi) is 8.52. The number of carbonyl (C=O) groups excluding carboxylic acids is 2. The summed E-state index contributed by atoms with van der Waals surface area (Å²) < 4.78 is 33.6. The molecule has 1 unspecified atom stereocenters. The van der Waals surface area contributed by atoms with Gasteiger partial charge < -0.3 is 15.0 Å². The molecule has 1 fully saturated rings. The number of ether oxygens (including phenoxy) is 1. The topological polar surface area (TPSA) is 96.0 Å². The Balaban J connectivity index is 1.63. The van der Waals surface area contributed by atoms with Gasteiger partial charge in [-0.2, -0.15) is 4.31 Å². The van der Waals surface area contributed by atoms with Gasteiger partial charge >= 0.3 is 5.97 Å². The predicted octanol–water partition coefficient (Wildman–Crippen LogP) is 3.80. The lowest BCUT2D eigenvalue weighted by molar-refractivity contribution is -0.147. The number of thiophene rings is 1. The average Bonchev–Trinajstić information content (AvgIpc) is 3.34. The van der Waals surface area contributed by atoms with Gasteiger partial charge in [0.05, 0.1) is 10.9 Å². The van der Waals surface area contributed by atoms with Gasteiger partial charge in [0.2, 0.25) is 15.9 Å². The summed E-state index contributed by atoms with van der Waals surface area (Å²) in [5, 5.41) is 4.41. The number of nitrogens with one attached hydrogen (secondary N) is 1. The van der Waals surface area contributed by atoms with E-state index in [1.165, 1.54) is 35.5 Å². The molecule has 4 rings (SSSR count). The van der Waals surface area contributed by atoms with Crippen molar-refractivity contribution >= 4 is 56.6 Å². The van der Waals surface area contributed by atoms with Gasteiger partial charge in [-0.05, 0) is 81.1 Å². The zero-order valence-corrected chi connectivity index (χ0v) is 22.7. The minimum Gasteiger partial charge on any atom is -0.465 e. The number of benzene rings is 1. The Bertz CT molecular complexity index is 1260. The summed E-state index contributed by atoms with van der Waals surface area (Å²) in [7, 11) is -4.16. The van der Waals surface area contributed by atoms with Gasteiger partial charge in [0.15, 0.2) is 0 Å². The van der Waals surface area contributed by atoms with E-state index in [-0.39, 0.29) is 18.9 Å². The van der Waals surface area contributed by atoms with Crippen LogP contribution in [0.1, 0.15) is 42.7 Å². The Morgan fingerprint density at radius 3 is 2.86 bits per heavy atom. The van der Waals surface area contributed by atoms with Crippen molar-refractivity contribution in [3.05, 3.63) is 56.1 Å². The van der Waals surface area contributed by atoms with E-state index in [0.717, 1.165) is 41.3 Å². The van der Waals surface area contributed by atoms with E-state index in [0.29, 0.717) is 15.8 Å². The molecule has 1 saturated heterocycles. The molecule has 1 aromatic heterocycles. The van der Waals surface area contributed by atoms with Crippen LogP contribution in [0, 0.1) is 0 Å². The molecule has 3 heterocycles. The minimum atomic E-state index is -4.16. The minimum absolute atomic E-state index is 0.106. The van der Waals surface area contributed by atoms with Crippen LogP contribution >= 0.6 is 22.9 Å². The first-order valence-electron chi connectivity index (χ1n) is 12.0. The molecule has 0 spiro atoms. The van der Waals surface area contributed by atoms with Crippen LogP contribution in [0.2, 0.25) is 4.34 Å². The van der Waals surface area contributed by atoms with E-state index in [4.69, 9.17) is 16.3 Å². The molecular weight excluding hydrogens is 522 g/mol. The van der Waals surface area contributed by atoms with Crippen LogP contribution in [0.25, 0.3) is 6.08 Å². The average molecular weight is 552 g/mol. The first-order valence-corrected chi connectivity index (χ1v) is 14.7. The van der Waals surface area contributed by atoms with E-state index in [2.05, 4.69) is 5.32 Å². The van der Waals surface area contributed by atoms with Gasteiger partial charge in [-0.1, -0.05) is 17.7 Å². The van der Waals surface area contributed by atoms with E-state index < -0.39 is 28.1 Å². The molecule has 0 radical (unpaired) electrons. The van der Waals surface area contributed by atoms with Crippen LogP contribution in [0.3, 0.4) is 0 Å². The molecule has 194 valence electrons. The van der Waals surface area contributed by atoms with Crippen molar-refractivity contribution < 1.29 is 22.7 Å². The third-order valence-electron chi connectivity index (χ3n) is 6.40. The normalized spacial score (nSPS) is 19.5. The second-order valence-electron chi connectivity index (χ2n) is 8.78. The summed E-state index contributed by atoms with van der Waals surface area (Å²) in [5.41, 5.74) is 3.14. The maximum Gasteiger partial charge on any atom is 0.324 e. The number of carbonyl (C=O) groups is 2. The van der Waals surface area contributed by atoms with E-state index in [1.54, 1.807) is 24.0 Å². The van der Waals surface area contributed by atoms with Crippen molar-refractivity contribution in [2.45, 2.75) is 51.7 Å². The van der Waals surface area contributed by atoms with Crippen molar-refractivity contribution in [1.82, 2.24) is 9.62 Å². The Hall–Kier alpha value is -2.24. The molecular formula is C25H30ClN3O5S2. The summed E-state index contributed by atoms with van der Waals surface area (Å²) in [5.74, 6) is -1.05. The molecule has 2 aliphatic rings. The lowest BCUT2D eigenvalue weighted by Gasteiger charge is -2.30. The number of rotatable bonds is 8.